The van der Waals surface area contributed by atoms with Crippen molar-refractivity contribution in [2.24, 2.45) is 0 Å². The summed E-state index contributed by atoms with van der Waals surface area (Å²) in [5.41, 5.74) is 1.44. The molecule has 1 saturated heterocycles. The average molecular weight is 425 g/mol. The second kappa shape index (κ2) is 10.5. The lowest BCUT2D eigenvalue weighted by atomic mass is 10.2. The van der Waals surface area contributed by atoms with E-state index in [1.54, 1.807) is 36.1 Å². The SMILES string of the molecule is COc1ccccc1C(=O)NCC(=O)OC(C)C(=O)N1CCN(c2ccccc2)CC1. The molecule has 1 unspecified atom stereocenters. The number of esters is 1. The van der Waals surface area contributed by atoms with E-state index in [-0.39, 0.29) is 12.5 Å². The fourth-order valence-electron chi connectivity index (χ4n) is 3.45. The Kier molecular flexibility index (Phi) is 7.48. The van der Waals surface area contributed by atoms with Gasteiger partial charge in [-0.15, -0.1) is 0 Å². The van der Waals surface area contributed by atoms with Crippen LogP contribution >= 0.6 is 0 Å². The van der Waals surface area contributed by atoms with Crippen molar-refractivity contribution in [2.75, 3.05) is 44.7 Å². The van der Waals surface area contributed by atoms with E-state index in [0.29, 0.717) is 37.5 Å². The summed E-state index contributed by atoms with van der Waals surface area (Å²) in [4.78, 5) is 40.9. The highest BCUT2D eigenvalue weighted by molar-refractivity contribution is 5.98. The molecule has 164 valence electrons. The van der Waals surface area contributed by atoms with Crippen LogP contribution in [0.2, 0.25) is 0 Å². The lowest BCUT2D eigenvalue weighted by Crippen LogP contribution is -2.52. The molecule has 8 nitrogen and oxygen atoms in total. The van der Waals surface area contributed by atoms with Gasteiger partial charge < -0.3 is 24.6 Å². The van der Waals surface area contributed by atoms with Crippen molar-refractivity contribution in [2.45, 2.75) is 13.0 Å². The van der Waals surface area contributed by atoms with Gasteiger partial charge in [-0.05, 0) is 31.2 Å². The van der Waals surface area contributed by atoms with Crippen molar-refractivity contribution in [3.8, 4) is 5.75 Å². The highest BCUT2D eigenvalue weighted by Crippen LogP contribution is 2.17. The monoisotopic (exact) mass is 425 g/mol. The Bertz CT molecular complexity index is 910. The maximum absolute atomic E-state index is 12.6. The van der Waals surface area contributed by atoms with E-state index in [1.807, 2.05) is 30.3 Å². The smallest absolute Gasteiger partial charge is 0.326 e. The summed E-state index contributed by atoms with van der Waals surface area (Å²) >= 11 is 0. The molecule has 2 amide bonds. The molecule has 1 heterocycles. The van der Waals surface area contributed by atoms with Gasteiger partial charge in [0.15, 0.2) is 6.10 Å². The summed E-state index contributed by atoms with van der Waals surface area (Å²) in [7, 11) is 1.47. The van der Waals surface area contributed by atoms with E-state index in [1.165, 1.54) is 7.11 Å². The number of hydrogen-bond acceptors (Lipinski definition) is 6. The molecule has 8 heteroatoms. The van der Waals surface area contributed by atoms with Crippen LogP contribution in [0.15, 0.2) is 54.6 Å². The number of carbonyl (C=O) groups is 3. The molecular formula is C23H27N3O5. The minimum Gasteiger partial charge on any atom is -0.496 e. The van der Waals surface area contributed by atoms with Crippen LogP contribution in [0.3, 0.4) is 0 Å². The number of methoxy groups -OCH3 is 1. The average Bonchev–Trinajstić information content (AvgIpc) is 2.82. The number of carbonyl (C=O) groups excluding carboxylic acids is 3. The molecule has 0 aromatic heterocycles. The molecule has 2 aromatic carbocycles. The summed E-state index contributed by atoms with van der Waals surface area (Å²) in [5.74, 6) is -0.957. The molecule has 31 heavy (non-hydrogen) atoms. The van der Waals surface area contributed by atoms with E-state index in [9.17, 15) is 14.4 Å². The number of nitrogens with zero attached hydrogens (tertiary/aromatic N) is 2. The maximum atomic E-state index is 12.6. The van der Waals surface area contributed by atoms with Crippen LogP contribution in [-0.4, -0.2) is 68.6 Å². The van der Waals surface area contributed by atoms with Crippen LogP contribution in [0.25, 0.3) is 0 Å². The normalized spacial score (nSPS) is 14.5. The Labute approximate surface area is 181 Å². The van der Waals surface area contributed by atoms with Crippen LogP contribution in [0.1, 0.15) is 17.3 Å². The van der Waals surface area contributed by atoms with E-state index in [0.717, 1.165) is 5.69 Å². The lowest BCUT2D eigenvalue weighted by Gasteiger charge is -2.37. The molecule has 0 bridgehead atoms. The fourth-order valence-corrected chi connectivity index (χ4v) is 3.45. The Hall–Kier alpha value is -3.55. The van der Waals surface area contributed by atoms with Crippen molar-refractivity contribution in [1.29, 1.82) is 0 Å². The summed E-state index contributed by atoms with van der Waals surface area (Å²) in [6.07, 6.45) is -0.918. The second-order valence-electron chi connectivity index (χ2n) is 7.16. The zero-order valence-electron chi connectivity index (χ0n) is 17.7. The summed E-state index contributed by atoms with van der Waals surface area (Å²) in [6.45, 7) is 3.75. The van der Waals surface area contributed by atoms with Crippen molar-refractivity contribution in [1.82, 2.24) is 10.2 Å². The number of ether oxygens (including phenoxy) is 2. The second-order valence-corrected chi connectivity index (χ2v) is 7.16. The Balaban J connectivity index is 1.44. The molecular weight excluding hydrogens is 398 g/mol. The van der Waals surface area contributed by atoms with Crippen molar-refractivity contribution in [3.05, 3.63) is 60.2 Å². The van der Waals surface area contributed by atoms with Crippen LogP contribution in [-0.2, 0) is 14.3 Å². The third-order valence-electron chi connectivity index (χ3n) is 5.11. The third kappa shape index (κ3) is 5.75. The number of para-hydroxylation sites is 2. The maximum Gasteiger partial charge on any atom is 0.326 e. The number of piperazine rings is 1. The highest BCUT2D eigenvalue weighted by atomic mass is 16.5. The number of amides is 2. The third-order valence-corrected chi connectivity index (χ3v) is 5.11. The van der Waals surface area contributed by atoms with Gasteiger partial charge in [0.2, 0.25) is 0 Å². The number of hydrogen-bond donors (Lipinski definition) is 1. The lowest BCUT2D eigenvalue weighted by molar-refractivity contribution is -0.158. The molecule has 0 radical (unpaired) electrons. The predicted octanol–water partition coefficient (Wildman–Crippen LogP) is 1.71. The minimum absolute atomic E-state index is 0.239. The van der Waals surface area contributed by atoms with Crippen LogP contribution < -0.4 is 15.0 Å². The largest absolute Gasteiger partial charge is 0.496 e. The van der Waals surface area contributed by atoms with Gasteiger partial charge in [-0.3, -0.25) is 14.4 Å². The number of rotatable bonds is 7. The molecule has 2 aromatic rings. The molecule has 1 aliphatic rings. The van der Waals surface area contributed by atoms with Gasteiger partial charge in [-0.2, -0.15) is 0 Å². The topological polar surface area (TPSA) is 88.2 Å². The Morgan fingerprint density at radius 3 is 2.29 bits per heavy atom. The zero-order chi connectivity index (χ0) is 22.2. The van der Waals surface area contributed by atoms with Crippen LogP contribution in [0.4, 0.5) is 5.69 Å². The molecule has 1 atom stereocenters. The van der Waals surface area contributed by atoms with Gasteiger partial charge in [0, 0.05) is 31.9 Å². The molecule has 1 fully saturated rings. The summed E-state index contributed by atoms with van der Waals surface area (Å²) in [5, 5.41) is 2.50. The van der Waals surface area contributed by atoms with E-state index >= 15 is 0 Å². The summed E-state index contributed by atoms with van der Waals surface area (Å²) < 4.78 is 10.4. The first-order valence-corrected chi connectivity index (χ1v) is 10.2. The first kappa shape index (κ1) is 22.1. The van der Waals surface area contributed by atoms with Crippen molar-refractivity contribution >= 4 is 23.5 Å². The van der Waals surface area contributed by atoms with E-state index in [2.05, 4.69) is 10.2 Å². The summed E-state index contributed by atoms with van der Waals surface area (Å²) in [6, 6.07) is 16.7. The van der Waals surface area contributed by atoms with Gasteiger partial charge in [-0.25, -0.2) is 0 Å². The Morgan fingerprint density at radius 2 is 1.61 bits per heavy atom. The standard InChI is InChI=1S/C23H27N3O5/c1-17(23(29)26-14-12-25(13-15-26)18-8-4-3-5-9-18)31-21(27)16-24-22(28)19-10-6-7-11-20(19)30-2/h3-11,17H,12-16H2,1-2H3,(H,24,28). The highest BCUT2D eigenvalue weighted by Gasteiger charge is 2.27. The van der Waals surface area contributed by atoms with Gasteiger partial charge in [0.05, 0.1) is 12.7 Å². The molecule has 0 spiro atoms. The van der Waals surface area contributed by atoms with Gasteiger partial charge in [0.1, 0.15) is 12.3 Å². The Morgan fingerprint density at radius 1 is 0.968 bits per heavy atom. The molecule has 1 aliphatic heterocycles. The van der Waals surface area contributed by atoms with Gasteiger partial charge >= 0.3 is 5.97 Å². The van der Waals surface area contributed by atoms with Crippen molar-refractivity contribution in [3.63, 3.8) is 0 Å². The molecule has 0 aliphatic carbocycles. The first-order valence-electron chi connectivity index (χ1n) is 10.2. The van der Waals surface area contributed by atoms with Gasteiger partial charge in [-0.1, -0.05) is 30.3 Å². The van der Waals surface area contributed by atoms with Crippen molar-refractivity contribution < 1.29 is 23.9 Å². The first-order chi connectivity index (χ1) is 15.0. The van der Waals surface area contributed by atoms with Gasteiger partial charge in [0.25, 0.3) is 11.8 Å². The van der Waals surface area contributed by atoms with Crippen LogP contribution in [0, 0.1) is 0 Å². The van der Waals surface area contributed by atoms with E-state index < -0.39 is 18.0 Å². The zero-order valence-corrected chi connectivity index (χ0v) is 17.7. The number of benzene rings is 2. The number of nitrogens with one attached hydrogen (secondary N) is 1. The predicted molar refractivity (Wildman–Crippen MR) is 116 cm³/mol. The minimum atomic E-state index is -0.918. The number of anilines is 1. The quantitative estimate of drug-likeness (QED) is 0.680. The molecule has 1 N–H and O–H groups in total. The van der Waals surface area contributed by atoms with Crippen LogP contribution in [0.5, 0.6) is 5.75 Å². The fraction of sp³-hybridized carbons (Fsp3) is 0.348. The molecule has 0 saturated carbocycles. The molecule has 3 rings (SSSR count). The van der Waals surface area contributed by atoms with E-state index in [4.69, 9.17) is 9.47 Å².